The van der Waals surface area contributed by atoms with Gasteiger partial charge in [-0.1, -0.05) is 42.5 Å². The molecule has 0 spiro atoms. The molecule has 1 saturated carbocycles. The van der Waals surface area contributed by atoms with Gasteiger partial charge in [0.15, 0.2) is 0 Å². The number of nitro groups is 1. The second-order valence-corrected chi connectivity index (χ2v) is 6.54. The fourth-order valence-electron chi connectivity index (χ4n) is 2.76. The van der Waals surface area contributed by atoms with Crippen molar-refractivity contribution in [2.75, 3.05) is 0 Å². The fraction of sp³-hybridized carbons (Fsp3) is 0.238. The average Bonchev–Trinajstić information content (AvgIpc) is 3.38. The number of hydrogen-bond acceptors (Lipinski definition) is 5. The number of ketones is 1. The molecule has 2 aromatic rings. The Balaban J connectivity index is 1.85. The lowest BCUT2D eigenvalue weighted by atomic mass is 9.98. The predicted molar refractivity (Wildman–Crippen MR) is 101 cm³/mol. The molecule has 2 atom stereocenters. The van der Waals surface area contributed by atoms with E-state index in [0.717, 1.165) is 16.7 Å². The molecule has 3 rings (SSSR count). The molecular formula is C21H19NO5. The lowest BCUT2D eigenvalue weighted by molar-refractivity contribution is -0.384. The molecule has 2 unspecified atom stereocenters. The van der Waals surface area contributed by atoms with E-state index in [0.29, 0.717) is 12.0 Å². The van der Waals surface area contributed by atoms with E-state index in [-0.39, 0.29) is 17.6 Å². The number of benzene rings is 2. The highest BCUT2D eigenvalue weighted by Crippen LogP contribution is 2.38. The lowest BCUT2D eigenvalue weighted by Crippen LogP contribution is -2.21. The molecule has 6 nitrogen and oxygen atoms in total. The molecule has 2 aromatic carbocycles. The van der Waals surface area contributed by atoms with Crippen molar-refractivity contribution < 1.29 is 19.2 Å². The van der Waals surface area contributed by atoms with Gasteiger partial charge in [-0.3, -0.25) is 19.7 Å². The van der Waals surface area contributed by atoms with Crippen molar-refractivity contribution >= 4 is 23.5 Å². The van der Waals surface area contributed by atoms with Crippen LogP contribution in [0.15, 0.2) is 54.1 Å². The smallest absolute Gasteiger partial charge is 0.316 e. The van der Waals surface area contributed by atoms with Crippen LogP contribution in [0.4, 0.5) is 5.69 Å². The van der Waals surface area contributed by atoms with E-state index in [1.165, 1.54) is 19.9 Å². The first kappa shape index (κ1) is 18.5. The molecule has 0 aliphatic heterocycles. The topological polar surface area (TPSA) is 86.5 Å². The maximum absolute atomic E-state index is 11.9. The van der Waals surface area contributed by atoms with E-state index in [1.807, 2.05) is 30.3 Å². The van der Waals surface area contributed by atoms with Crippen LogP contribution < -0.4 is 0 Å². The number of Topliss-reactive ketones (excluding diaryl/α,β-unsaturated/α-hetero) is 1. The van der Waals surface area contributed by atoms with Gasteiger partial charge in [-0.05, 0) is 36.6 Å². The molecule has 6 heteroatoms. The SMILES string of the molecule is CC(=O)C(C)C(=O)OC1C/C1=C\c1ccccc1-c1ccccc1[N+](=O)[O-]. The third kappa shape index (κ3) is 4.11. The number of carbonyl (C=O) groups is 2. The molecule has 0 heterocycles. The van der Waals surface area contributed by atoms with Crippen LogP contribution in [0.2, 0.25) is 0 Å². The van der Waals surface area contributed by atoms with Crippen molar-refractivity contribution in [3.8, 4) is 11.1 Å². The summed E-state index contributed by atoms with van der Waals surface area (Å²) in [6, 6.07) is 14.0. The summed E-state index contributed by atoms with van der Waals surface area (Å²) >= 11 is 0. The number of hydrogen-bond donors (Lipinski definition) is 0. The third-order valence-electron chi connectivity index (χ3n) is 4.59. The maximum Gasteiger partial charge on any atom is 0.316 e. The molecule has 0 radical (unpaired) electrons. The van der Waals surface area contributed by atoms with Gasteiger partial charge >= 0.3 is 5.97 Å². The van der Waals surface area contributed by atoms with Crippen LogP contribution in [-0.2, 0) is 14.3 Å². The summed E-state index contributed by atoms with van der Waals surface area (Å²) in [6.45, 7) is 2.89. The molecule has 0 bridgehead atoms. The van der Waals surface area contributed by atoms with Crippen LogP contribution >= 0.6 is 0 Å². The number of para-hydroxylation sites is 1. The standard InChI is InChI=1S/C21H19NO5/c1-13(14(2)23)21(24)27-20-12-16(20)11-15-7-3-4-8-17(15)18-9-5-6-10-19(18)22(25)26/h3-11,13,20H,12H2,1-2H3/b16-11+. The van der Waals surface area contributed by atoms with Gasteiger partial charge in [0.05, 0.1) is 10.5 Å². The van der Waals surface area contributed by atoms with E-state index in [9.17, 15) is 19.7 Å². The minimum atomic E-state index is -0.772. The van der Waals surface area contributed by atoms with E-state index >= 15 is 0 Å². The minimum absolute atomic E-state index is 0.0393. The number of rotatable bonds is 6. The summed E-state index contributed by atoms with van der Waals surface area (Å²) in [6.07, 6.45) is 2.16. The number of carbonyl (C=O) groups excluding carboxylic acids is 2. The van der Waals surface area contributed by atoms with E-state index < -0.39 is 16.8 Å². The maximum atomic E-state index is 11.9. The normalized spacial score (nSPS) is 18.0. The van der Waals surface area contributed by atoms with Crippen molar-refractivity contribution in [3.05, 3.63) is 69.8 Å². The highest BCUT2D eigenvalue weighted by Gasteiger charge is 2.35. The highest BCUT2D eigenvalue weighted by atomic mass is 16.6. The zero-order valence-corrected chi connectivity index (χ0v) is 15.0. The largest absolute Gasteiger partial charge is 0.457 e. The van der Waals surface area contributed by atoms with E-state index in [4.69, 9.17) is 4.74 Å². The molecule has 1 fully saturated rings. The molecule has 1 aliphatic carbocycles. The highest BCUT2D eigenvalue weighted by molar-refractivity contribution is 5.97. The Morgan fingerprint density at radius 3 is 2.44 bits per heavy atom. The molecule has 0 saturated heterocycles. The van der Waals surface area contributed by atoms with Crippen LogP contribution in [-0.4, -0.2) is 22.8 Å². The van der Waals surface area contributed by atoms with Gasteiger partial charge in [0.1, 0.15) is 17.8 Å². The number of nitrogens with zero attached hydrogens (tertiary/aromatic N) is 1. The minimum Gasteiger partial charge on any atom is -0.457 e. The van der Waals surface area contributed by atoms with Crippen LogP contribution in [0.25, 0.3) is 17.2 Å². The monoisotopic (exact) mass is 365 g/mol. The quantitative estimate of drug-likeness (QED) is 0.332. The average molecular weight is 365 g/mol. The predicted octanol–water partition coefficient (Wildman–Crippen LogP) is 4.19. The summed E-state index contributed by atoms with van der Waals surface area (Å²) in [5.74, 6) is -1.53. The molecule has 0 N–H and O–H groups in total. The first-order valence-electron chi connectivity index (χ1n) is 8.62. The van der Waals surface area contributed by atoms with Crippen molar-refractivity contribution in [1.82, 2.24) is 0 Å². The Morgan fingerprint density at radius 1 is 1.15 bits per heavy atom. The summed E-state index contributed by atoms with van der Waals surface area (Å²) < 4.78 is 5.34. The van der Waals surface area contributed by atoms with Gasteiger partial charge in [0.2, 0.25) is 0 Å². The van der Waals surface area contributed by atoms with Crippen LogP contribution in [0.1, 0.15) is 25.8 Å². The van der Waals surface area contributed by atoms with Crippen molar-refractivity contribution in [2.45, 2.75) is 26.4 Å². The van der Waals surface area contributed by atoms with Crippen LogP contribution in [0.3, 0.4) is 0 Å². The fourth-order valence-corrected chi connectivity index (χ4v) is 2.76. The summed E-state index contributed by atoms with van der Waals surface area (Å²) in [7, 11) is 0. The molecule has 138 valence electrons. The zero-order chi connectivity index (χ0) is 19.6. The second-order valence-electron chi connectivity index (χ2n) is 6.54. The molecule has 0 amide bonds. The summed E-state index contributed by atoms with van der Waals surface area (Å²) in [5, 5.41) is 11.3. The van der Waals surface area contributed by atoms with Gasteiger partial charge < -0.3 is 4.74 Å². The molecule has 0 aromatic heterocycles. The lowest BCUT2D eigenvalue weighted by Gasteiger charge is -2.08. The Hall–Kier alpha value is -3.28. The zero-order valence-electron chi connectivity index (χ0n) is 15.0. The Bertz CT molecular complexity index is 947. The van der Waals surface area contributed by atoms with Crippen LogP contribution in [0.5, 0.6) is 0 Å². The number of ether oxygens (including phenoxy) is 1. The van der Waals surface area contributed by atoms with Gasteiger partial charge in [-0.15, -0.1) is 0 Å². The summed E-state index contributed by atoms with van der Waals surface area (Å²) in [5.41, 5.74) is 3.06. The van der Waals surface area contributed by atoms with Gasteiger partial charge in [0, 0.05) is 12.5 Å². The summed E-state index contributed by atoms with van der Waals surface area (Å²) in [4.78, 5) is 34.1. The molecule has 27 heavy (non-hydrogen) atoms. The first-order chi connectivity index (χ1) is 12.9. The van der Waals surface area contributed by atoms with Gasteiger partial charge in [-0.2, -0.15) is 0 Å². The van der Waals surface area contributed by atoms with E-state index in [2.05, 4.69) is 0 Å². The van der Waals surface area contributed by atoms with Crippen molar-refractivity contribution in [1.29, 1.82) is 0 Å². The first-order valence-corrected chi connectivity index (χ1v) is 8.62. The van der Waals surface area contributed by atoms with Gasteiger partial charge in [-0.25, -0.2) is 0 Å². The number of esters is 1. The third-order valence-corrected chi connectivity index (χ3v) is 4.59. The van der Waals surface area contributed by atoms with Crippen molar-refractivity contribution in [3.63, 3.8) is 0 Å². The Kier molecular flexibility index (Phi) is 5.16. The van der Waals surface area contributed by atoms with Gasteiger partial charge in [0.25, 0.3) is 5.69 Å². The van der Waals surface area contributed by atoms with E-state index in [1.54, 1.807) is 18.2 Å². The van der Waals surface area contributed by atoms with Crippen LogP contribution in [0, 0.1) is 16.0 Å². The van der Waals surface area contributed by atoms with Crippen molar-refractivity contribution in [2.24, 2.45) is 5.92 Å². The molecular weight excluding hydrogens is 346 g/mol. The number of nitro benzene ring substituents is 1. The Labute approximate surface area is 156 Å². The Morgan fingerprint density at radius 2 is 1.78 bits per heavy atom. The molecule has 1 aliphatic rings. The second kappa shape index (κ2) is 7.53.